The number of fused-ring (bicyclic) bond motifs is 1. The molecule has 0 aromatic heterocycles. The SMILES string of the molecule is C[SiH](C)O[C@]1(C(COC2CCCCO2)CN2C(=O)c3ccccc3C2=O)C[C@H](C(C)(C)C)CN1C(=O)OC(C)(C)C. The summed E-state index contributed by atoms with van der Waals surface area (Å²) in [7, 11) is -1.78. The van der Waals surface area contributed by atoms with E-state index in [1.807, 2.05) is 20.8 Å². The van der Waals surface area contributed by atoms with Gasteiger partial charge in [-0.2, -0.15) is 0 Å². The van der Waals surface area contributed by atoms with Gasteiger partial charge in [-0.1, -0.05) is 32.9 Å². The van der Waals surface area contributed by atoms with Crippen LogP contribution in [0.4, 0.5) is 4.79 Å². The minimum atomic E-state index is -1.78. The Morgan fingerprint density at radius 1 is 1.07 bits per heavy atom. The molecule has 2 unspecified atom stereocenters. The van der Waals surface area contributed by atoms with E-state index in [0.717, 1.165) is 19.3 Å². The number of carbonyl (C=O) groups excluding carboxylic acids is 3. The van der Waals surface area contributed by atoms with E-state index in [2.05, 4.69) is 33.9 Å². The van der Waals surface area contributed by atoms with E-state index in [4.69, 9.17) is 18.6 Å². The summed E-state index contributed by atoms with van der Waals surface area (Å²) in [5.74, 6) is -1.10. The lowest BCUT2D eigenvalue weighted by molar-refractivity contribution is -0.193. The molecule has 3 aliphatic rings. The van der Waals surface area contributed by atoms with Crippen molar-refractivity contribution in [3.8, 4) is 0 Å². The lowest BCUT2D eigenvalue weighted by Crippen LogP contribution is -2.60. The van der Waals surface area contributed by atoms with Crippen LogP contribution in [0.2, 0.25) is 13.1 Å². The Labute approximate surface area is 246 Å². The first-order valence-corrected chi connectivity index (χ1v) is 17.8. The highest BCUT2D eigenvalue weighted by atomic mass is 28.3. The number of ether oxygens (including phenoxy) is 3. The lowest BCUT2D eigenvalue weighted by atomic mass is 9.77. The molecular formula is C31H48N2O7Si. The monoisotopic (exact) mass is 588 g/mol. The van der Waals surface area contributed by atoms with Crippen LogP contribution in [0.1, 0.15) is 87.9 Å². The maximum atomic E-state index is 13.9. The summed E-state index contributed by atoms with van der Waals surface area (Å²) in [6.07, 6.45) is 2.47. The second-order valence-electron chi connectivity index (χ2n) is 14.0. The fraction of sp³-hybridized carbons (Fsp3) is 0.710. The summed E-state index contributed by atoms with van der Waals surface area (Å²) in [4.78, 5) is 44.0. The zero-order chi connectivity index (χ0) is 30.2. The molecule has 0 radical (unpaired) electrons. The first-order chi connectivity index (χ1) is 19.1. The minimum Gasteiger partial charge on any atom is -0.444 e. The van der Waals surface area contributed by atoms with Crippen molar-refractivity contribution in [2.24, 2.45) is 17.3 Å². The lowest BCUT2D eigenvalue weighted by Gasteiger charge is -2.46. The van der Waals surface area contributed by atoms with Crippen molar-refractivity contribution < 1.29 is 33.0 Å². The number of amides is 3. The van der Waals surface area contributed by atoms with Crippen LogP contribution in [0.25, 0.3) is 0 Å². The van der Waals surface area contributed by atoms with Crippen LogP contribution >= 0.6 is 0 Å². The van der Waals surface area contributed by atoms with E-state index in [9.17, 15) is 14.4 Å². The van der Waals surface area contributed by atoms with Crippen molar-refractivity contribution in [1.29, 1.82) is 0 Å². The average Bonchev–Trinajstić information content (AvgIpc) is 3.38. The van der Waals surface area contributed by atoms with E-state index in [1.54, 1.807) is 29.2 Å². The molecule has 2 fully saturated rings. The van der Waals surface area contributed by atoms with Gasteiger partial charge in [0.1, 0.15) is 11.3 Å². The van der Waals surface area contributed by atoms with Gasteiger partial charge in [0.15, 0.2) is 15.3 Å². The fourth-order valence-corrected chi connectivity index (χ4v) is 7.28. The van der Waals surface area contributed by atoms with Crippen LogP contribution < -0.4 is 0 Å². The van der Waals surface area contributed by atoms with Gasteiger partial charge in [-0.15, -0.1) is 0 Å². The third-order valence-electron chi connectivity index (χ3n) is 8.22. The van der Waals surface area contributed by atoms with Crippen LogP contribution in [-0.2, 0) is 18.6 Å². The number of likely N-dealkylation sites (tertiary alicyclic amines) is 1. The van der Waals surface area contributed by atoms with E-state index in [0.29, 0.717) is 30.7 Å². The van der Waals surface area contributed by atoms with Gasteiger partial charge in [0.05, 0.1) is 17.7 Å². The third kappa shape index (κ3) is 7.04. The molecule has 228 valence electrons. The summed E-state index contributed by atoms with van der Waals surface area (Å²) >= 11 is 0. The fourth-order valence-electron chi connectivity index (χ4n) is 6.05. The van der Waals surface area contributed by atoms with Gasteiger partial charge < -0.3 is 18.6 Å². The quantitative estimate of drug-likeness (QED) is 0.295. The zero-order valence-electron chi connectivity index (χ0n) is 26.0. The van der Waals surface area contributed by atoms with Crippen molar-refractivity contribution in [2.75, 3.05) is 26.3 Å². The predicted molar refractivity (Wildman–Crippen MR) is 158 cm³/mol. The van der Waals surface area contributed by atoms with Gasteiger partial charge in [0, 0.05) is 25.6 Å². The predicted octanol–water partition coefficient (Wildman–Crippen LogP) is 5.44. The Hall–Kier alpha value is -2.27. The number of hydrogen-bond acceptors (Lipinski definition) is 7. The number of imide groups is 1. The highest BCUT2D eigenvalue weighted by molar-refractivity contribution is 6.48. The Balaban J connectivity index is 1.77. The second kappa shape index (κ2) is 12.1. The van der Waals surface area contributed by atoms with Crippen LogP contribution in [0.3, 0.4) is 0 Å². The van der Waals surface area contributed by atoms with Gasteiger partial charge in [-0.05, 0) is 83.0 Å². The molecule has 1 aromatic carbocycles. The Morgan fingerprint density at radius 3 is 2.22 bits per heavy atom. The molecule has 1 aromatic rings. The molecule has 3 heterocycles. The highest BCUT2D eigenvalue weighted by Gasteiger charge is 2.58. The van der Waals surface area contributed by atoms with Crippen LogP contribution in [0.5, 0.6) is 0 Å². The molecular weight excluding hydrogens is 540 g/mol. The van der Waals surface area contributed by atoms with Crippen LogP contribution in [0.15, 0.2) is 24.3 Å². The molecule has 2 saturated heterocycles. The first-order valence-electron chi connectivity index (χ1n) is 15.0. The topological polar surface area (TPSA) is 94.6 Å². The van der Waals surface area contributed by atoms with Crippen molar-refractivity contribution in [3.63, 3.8) is 0 Å². The number of nitrogens with zero attached hydrogens (tertiary/aromatic N) is 2. The molecule has 0 aliphatic carbocycles. The van der Waals surface area contributed by atoms with Gasteiger partial charge in [-0.25, -0.2) is 4.79 Å². The van der Waals surface area contributed by atoms with Crippen molar-refractivity contribution in [1.82, 2.24) is 9.80 Å². The maximum absolute atomic E-state index is 13.9. The van der Waals surface area contributed by atoms with Crippen molar-refractivity contribution in [2.45, 2.75) is 97.9 Å². The molecule has 4 atom stereocenters. The van der Waals surface area contributed by atoms with Gasteiger partial charge in [0.2, 0.25) is 0 Å². The normalized spacial score (nSPS) is 26.1. The smallest absolute Gasteiger partial charge is 0.412 e. The van der Waals surface area contributed by atoms with E-state index >= 15 is 0 Å². The largest absolute Gasteiger partial charge is 0.444 e. The standard InChI is InChI=1S/C31H48N2O7Si/c1-29(2,3)21-17-31(40-41(7)8,33(19-21)28(36)39-30(4,5)6)22(20-38-25-15-11-12-16-37-25)18-32-26(34)23-13-9-10-14-24(23)27(32)35/h9-10,13-14,21-22,25,41H,11-12,15-20H2,1-8H3/t21-,22?,25?,31-/m0/s1. The van der Waals surface area contributed by atoms with Gasteiger partial charge >= 0.3 is 6.09 Å². The maximum Gasteiger partial charge on any atom is 0.412 e. The van der Waals surface area contributed by atoms with Crippen molar-refractivity contribution >= 4 is 26.9 Å². The van der Waals surface area contributed by atoms with Crippen LogP contribution in [-0.4, -0.2) is 80.7 Å². The molecule has 3 amide bonds. The summed E-state index contributed by atoms with van der Waals surface area (Å²) in [6.45, 7) is 17.5. The molecule has 3 aliphatic heterocycles. The molecule has 0 saturated carbocycles. The first kappa shape index (κ1) is 31.7. The van der Waals surface area contributed by atoms with Crippen LogP contribution in [0, 0.1) is 17.3 Å². The zero-order valence-corrected chi connectivity index (χ0v) is 27.2. The number of hydrogen-bond donors (Lipinski definition) is 0. The van der Waals surface area contributed by atoms with E-state index < -0.39 is 32.4 Å². The van der Waals surface area contributed by atoms with E-state index in [-0.39, 0.29) is 42.6 Å². The minimum absolute atomic E-state index is 0.0519. The average molecular weight is 589 g/mol. The summed E-state index contributed by atoms with van der Waals surface area (Å²) in [6, 6.07) is 6.89. The molecule has 9 nitrogen and oxygen atoms in total. The molecule has 0 bridgehead atoms. The van der Waals surface area contributed by atoms with Gasteiger partial charge in [0.25, 0.3) is 11.8 Å². The third-order valence-corrected chi connectivity index (χ3v) is 9.10. The Morgan fingerprint density at radius 2 is 1.71 bits per heavy atom. The molecule has 41 heavy (non-hydrogen) atoms. The molecule has 4 rings (SSSR count). The summed E-state index contributed by atoms with van der Waals surface area (Å²) in [5.41, 5.74) is -1.17. The number of carbonyl (C=O) groups is 3. The Kier molecular flexibility index (Phi) is 9.38. The van der Waals surface area contributed by atoms with Crippen molar-refractivity contribution in [3.05, 3.63) is 35.4 Å². The number of rotatable bonds is 8. The van der Waals surface area contributed by atoms with Gasteiger partial charge in [-0.3, -0.25) is 19.4 Å². The molecule has 10 heteroatoms. The Bertz CT molecular complexity index is 1090. The molecule has 0 spiro atoms. The highest BCUT2D eigenvalue weighted by Crippen LogP contribution is 2.48. The molecule has 0 N–H and O–H groups in total. The summed E-state index contributed by atoms with van der Waals surface area (Å²) in [5, 5.41) is 0. The number of benzene rings is 1. The summed E-state index contributed by atoms with van der Waals surface area (Å²) < 4.78 is 25.1. The second-order valence-corrected chi connectivity index (χ2v) is 16.3. The van der Waals surface area contributed by atoms with E-state index in [1.165, 1.54) is 4.90 Å².